The number of carbonyl (C=O) groups excluding carboxylic acids is 2. The lowest BCUT2D eigenvalue weighted by Crippen LogP contribution is -2.31. The van der Waals surface area contributed by atoms with Crippen molar-refractivity contribution < 1.29 is 28.5 Å². The molecule has 1 N–H and O–H groups in total. The minimum absolute atomic E-state index is 0.302. The van der Waals surface area contributed by atoms with E-state index < -0.39 is 12.1 Å². The van der Waals surface area contributed by atoms with Gasteiger partial charge in [0, 0.05) is 13.2 Å². The van der Waals surface area contributed by atoms with Gasteiger partial charge in [0.2, 0.25) is 0 Å². The van der Waals surface area contributed by atoms with Crippen molar-refractivity contribution in [3.8, 4) is 11.5 Å². The first-order valence-corrected chi connectivity index (χ1v) is 7.40. The van der Waals surface area contributed by atoms with E-state index >= 15 is 0 Å². The number of benzene rings is 1. The molecule has 1 amide bonds. The molecular weight excluding hydrogens is 302 g/mol. The number of esters is 1. The quantitative estimate of drug-likeness (QED) is 0.755. The van der Waals surface area contributed by atoms with Crippen LogP contribution in [0.1, 0.15) is 18.4 Å². The summed E-state index contributed by atoms with van der Waals surface area (Å²) in [5.41, 5.74) is 0.849. The fourth-order valence-corrected chi connectivity index (χ4v) is 2.24. The average molecular weight is 323 g/mol. The van der Waals surface area contributed by atoms with Crippen LogP contribution in [0.2, 0.25) is 0 Å². The Morgan fingerprint density at radius 2 is 2.04 bits per heavy atom. The highest BCUT2D eigenvalue weighted by Crippen LogP contribution is 2.27. The number of carbonyl (C=O) groups is 2. The van der Waals surface area contributed by atoms with Crippen LogP contribution in [0.4, 0.5) is 0 Å². The zero-order valence-corrected chi connectivity index (χ0v) is 13.3. The molecule has 7 heteroatoms. The maximum absolute atomic E-state index is 11.7. The van der Waals surface area contributed by atoms with Crippen LogP contribution in [0, 0.1) is 0 Å². The zero-order chi connectivity index (χ0) is 16.7. The van der Waals surface area contributed by atoms with Crippen LogP contribution in [0.5, 0.6) is 11.5 Å². The zero-order valence-electron chi connectivity index (χ0n) is 13.3. The fraction of sp³-hybridized carbons (Fsp3) is 0.500. The number of rotatable bonds is 7. The molecule has 1 aliphatic rings. The number of ether oxygens (including phenoxy) is 4. The Balaban J connectivity index is 1.76. The summed E-state index contributed by atoms with van der Waals surface area (Å²) < 4.78 is 20.5. The first kappa shape index (κ1) is 17.1. The highest BCUT2D eigenvalue weighted by molar-refractivity contribution is 5.82. The van der Waals surface area contributed by atoms with E-state index in [4.69, 9.17) is 18.9 Å². The van der Waals surface area contributed by atoms with Gasteiger partial charge in [0.25, 0.3) is 5.91 Å². The summed E-state index contributed by atoms with van der Waals surface area (Å²) in [6.07, 6.45) is 0.950. The van der Waals surface area contributed by atoms with Crippen molar-refractivity contribution in [2.24, 2.45) is 0 Å². The molecule has 7 nitrogen and oxygen atoms in total. The molecule has 1 aromatic rings. The Bertz CT molecular complexity index is 554. The highest BCUT2D eigenvalue weighted by atomic mass is 16.6. The molecule has 126 valence electrons. The molecule has 1 atom stereocenters. The Labute approximate surface area is 134 Å². The van der Waals surface area contributed by atoms with Crippen LogP contribution >= 0.6 is 0 Å². The fourth-order valence-electron chi connectivity index (χ4n) is 2.24. The van der Waals surface area contributed by atoms with Crippen LogP contribution in [-0.2, 0) is 25.6 Å². The van der Waals surface area contributed by atoms with Crippen LogP contribution < -0.4 is 14.8 Å². The van der Waals surface area contributed by atoms with E-state index in [0.29, 0.717) is 31.1 Å². The lowest BCUT2D eigenvalue weighted by Gasteiger charge is -2.11. The van der Waals surface area contributed by atoms with Crippen molar-refractivity contribution >= 4 is 11.9 Å². The minimum atomic E-state index is -0.534. The summed E-state index contributed by atoms with van der Waals surface area (Å²) in [6.45, 7) is 0.550. The molecule has 0 radical (unpaired) electrons. The Morgan fingerprint density at radius 1 is 1.26 bits per heavy atom. The van der Waals surface area contributed by atoms with Gasteiger partial charge >= 0.3 is 5.97 Å². The van der Waals surface area contributed by atoms with Gasteiger partial charge in [-0.15, -0.1) is 0 Å². The number of nitrogens with one attached hydrogen (secondary N) is 1. The van der Waals surface area contributed by atoms with E-state index in [1.165, 1.54) is 0 Å². The van der Waals surface area contributed by atoms with Gasteiger partial charge in [-0.25, -0.2) is 4.79 Å². The summed E-state index contributed by atoms with van der Waals surface area (Å²) in [5, 5.41) is 2.68. The third-order valence-corrected chi connectivity index (χ3v) is 3.48. The summed E-state index contributed by atoms with van der Waals surface area (Å²) >= 11 is 0. The van der Waals surface area contributed by atoms with Crippen molar-refractivity contribution in [2.75, 3.05) is 27.4 Å². The Hall–Kier alpha value is -2.28. The predicted molar refractivity (Wildman–Crippen MR) is 81.3 cm³/mol. The Kier molecular flexibility index (Phi) is 6.22. The second-order valence-electron chi connectivity index (χ2n) is 5.08. The first-order chi connectivity index (χ1) is 11.1. The monoisotopic (exact) mass is 323 g/mol. The van der Waals surface area contributed by atoms with E-state index in [2.05, 4.69) is 5.32 Å². The molecule has 1 saturated heterocycles. The Morgan fingerprint density at radius 3 is 2.70 bits per heavy atom. The van der Waals surface area contributed by atoms with E-state index in [9.17, 15) is 9.59 Å². The molecule has 0 aliphatic carbocycles. The second kappa shape index (κ2) is 8.38. The van der Waals surface area contributed by atoms with E-state index in [0.717, 1.165) is 12.0 Å². The van der Waals surface area contributed by atoms with Crippen molar-refractivity contribution in [1.29, 1.82) is 0 Å². The number of methoxy groups -OCH3 is 2. The predicted octanol–water partition coefficient (Wildman–Crippen LogP) is 1.04. The molecule has 0 unspecified atom stereocenters. The highest BCUT2D eigenvalue weighted by Gasteiger charge is 2.25. The van der Waals surface area contributed by atoms with Gasteiger partial charge in [0.05, 0.1) is 14.2 Å². The van der Waals surface area contributed by atoms with Gasteiger partial charge in [-0.2, -0.15) is 0 Å². The molecule has 1 heterocycles. The molecule has 0 saturated carbocycles. The smallest absolute Gasteiger partial charge is 0.335 e. The van der Waals surface area contributed by atoms with Crippen LogP contribution in [0.25, 0.3) is 0 Å². The largest absolute Gasteiger partial charge is 0.493 e. The molecule has 0 aromatic heterocycles. The number of hydrogen-bond donors (Lipinski definition) is 1. The first-order valence-electron chi connectivity index (χ1n) is 7.40. The van der Waals surface area contributed by atoms with Crippen molar-refractivity contribution in [1.82, 2.24) is 5.32 Å². The molecule has 2 rings (SSSR count). The lowest BCUT2D eigenvalue weighted by molar-refractivity contribution is -0.157. The standard InChI is InChI=1S/C16H21NO6/c1-20-12-6-5-11(8-14(12)21-2)9-17-15(18)10-23-16(19)13-4-3-7-22-13/h5-6,8,13H,3-4,7,9-10H2,1-2H3,(H,17,18)/t13-/m1/s1. The summed E-state index contributed by atoms with van der Waals surface area (Å²) in [7, 11) is 3.10. The van der Waals surface area contributed by atoms with Gasteiger partial charge < -0.3 is 24.3 Å². The van der Waals surface area contributed by atoms with Crippen molar-refractivity contribution in [3.63, 3.8) is 0 Å². The summed E-state index contributed by atoms with van der Waals surface area (Å²) in [5.74, 6) is 0.354. The van der Waals surface area contributed by atoms with Gasteiger partial charge in [-0.1, -0.05) is 6.07 Å². The lowest BCUT2D eigenvalue weighted by atomic mass is 10.2. The molecule has 1 aromatic carbocycles. The van der Waals surface area contributed by atoms with E-state index in [1.807, 2.05) is 6.07 Å². The summed E-state index contributed by atoms with van der Waals surface area (Å²) in [6, 6.07) is 5.36. The molecule has 0 spiro atoms. The number of hydrogen-bond acceptors (Lipinski definition) is 6. The number of amides is 1. The SMILES string of the molecule is COc1ccc(CNC(=O)COC(=O)[C@H]2CCCO2)cc1OC. The van der Waals surface area contributed by atoms with Crippen LogP contribution in [0.3, 0.4) is 0 Å². The van der Waals surface area contributed by atoms with Gasteiger partial charge in [0.15, 0.2) is 24.2 Å². The molecule has 23 heavy (non-hydrogen) atoms. The summed E-state index contributed by atoms with van der Waals surface area (Å²) in [4.78, 5) is 23.3. The van der Waals surface area contributed by atoms with E-state index in [1.54, 1.807) is 26.4 Å². The van der Waals surface area contributed by atoms with Gasteiger partial charge in [-0.05, 0) is 30.5 Å². The third-order valence-electron chi connectivity index (χ3n) is 3.48. The average Bonchev–Trinajstić information content (AvgIpc) is 3.12. The third kappa shape index (κ3) is 4.85. The molecular formula is C16H21NO6. The topological polar surface area (TPSA) is 83.1 Å². The maximum Gasteiger partial charge on any atom is 0.335 e. The second-order valence-corrected chi connectivity index (χ2v) is 5.08. The minimum Gasteiger partial charge on any atom is -0.493 e. The normalized spacial score (nSPS) is 16.7. The molecule has 1 fully saturated rings. The van der Waals surface area contributed by atoms with Crippen LogP contribution in [0.15, 0.2) is 18.2 Å². The van der Waals surface area contributed by atoms with E-state index in [-0.39, 0.29) is 12.5 Å². The maximum atomic E-state index is 11.7. The van der Waals surface area contributed by atoms with Gasteiger partial charge in [-0.3, -0.25) is 4.79 Å². The van der Waals surface area contributed by atoms with Crippen molar-refractivity contribution in [3.05, 3.63) is 23.8 Å². The van der Waals surface area contributed by atoms with Gasteiger partial charge in [0.1, 0.15) is 0 Å². The van der Waals surface area contributed by atoms with Crippen LogP contribution in [-0.4, -0.2) is 45.4 Å². The molecule has 0 bridgehead atoms. The molecule has 1 aliphatic heterocycles. The van der Waals surface area contributed by atoms with Crippen molar-refractivity contribution in [2.45, 2.75) is 25.5 Å².